The third-order valence-electron chi connectivity index (χ3n) is 3.80. The van der Waals surface area contributed by atoms with Gasteiger partial charge in [-0.2, -0.15) is 0 Å². The summed E-state index contributed by atoms with van der Waals surface area (Å²) in [5.41, 5.74) is 3.61. The number of aromatic nitrogens is 1. The van der Waals surface area contributed by atoms with Gasteiger partial charge in [-0.15, -0.1) is 0 Å². The molecular formula is C16H21N3O. The predicted molar refractivity (Wildman–Crippen MR) is 79.9 cm³/mol. The van der Waals surface area contributed by atoms with Crippen molar-refractivity contribution >= 4 is 5.69 Å². The van der Waals surface area contributed by atoms with E-state index in [2.05, 4.69) is 46.1 Å². The lowest BCUT2D eigenvalue weighted by molar-refractivity contribution is 0.219. The van der Waals surface area contributed by atoms with Crippen molar-refractivity contribution in [2.24, 2.45) is 0 Å². The number of piperazine rings is 1. The van der Waals surface area contributed by atoms with E-state index >= 15 is 0 Å². The Morgan fingerprint density at radius 2 is 1.90 bits per heavy atom. The van der Waals surface area contributed by atoms with Gasteiger partial charge in [-0.25, -0.2) is 0 Å². The molecule has 0 amide bonds. The molecule has 20 heavy (non-hydrogen) atoms. The molecule has 1 saturated heterocycles. The Labute approximate surface area is 120 Å². The Bertz CT molecular complexity index is 571. The number of rotatable bonds is 3. The Balaban J connectivity index is 1.57. The molecule has 2 aromatic rings. The van der Waals surface area contributed by atoms with Crippen molar-refractivity contribution in [1.29, 1.82) is 0 Å². The first-order valence-corrected chi connectivity index (χ1v) is 7.17. The summed E-state index contributed by atoms with van der Waals surface area (Å²) in [5.74, 6) is 0.964. The van der Waals surface area contributed by atoms with Crippen molar-refractivity contribution in [3.05, 3.63) is 47.3 Å². The SMILES string of the molecule is Cc1cccc(N2CCN(Cc3cc(C)no3)CC2)c1. The van der Waals surface area contributed by atoms with Gasteiger partial charge in [-0.3, -0.25) is 4.90 Å². The zero-order chi connectivity index (χ0) is 13.9. The molecule has 0 spiro atoms. The number of benzene rings is 1. The van der Waals surface area contributed by atoms with Crippen LogP contribution in [0.25, 0.3) is 0 Å². The van der Waals surface area contributed by atoms with Crippen LogP contribution in [0.4, 0.5) is 5.69 Å². The first-order valence-electron chi connectivity index (χ1n) is 7.17. The molecule has 0 aliphatic carbocycles. The molecule has 1 aromatic heterocycles. The van der Waals surface area contributed by atoms with E-state index in [0.29, 0.717) is 0 Å². The zero-order valence-electron chi connectivity index (χ0n) is 12.2. The second kappa shape index (κ2) is 5.67. The van der Waals surface area contributed by atoms with Crippen LogP contribution in [0.1, 0.15) is 17.0 Å². The largest absolute Gasteiger partial charge is 0.369 e. The number of hydrogen-bond donors (Lipinski definition) is 0. The molecule has 0 bridgehead atoms. The highest BCUT2D eigenvalue weighted by molar-refractivity contribution is 5.48. The number of hydrogen-bond acceptors (Lipinski definition) is 4. The molecule has 4 heteroatoms. The topological polar surface area (TPSA) is 32.5 Å². The Kier molecular flexibility index (Phi) is 3.74. The van der Waals surface area contributed by atoms with Crippen molar-refractivity contribution in [1.82, 2.24) is 10.1 Å². The van der Waals surface area contributed by atoms with Crippen molar-refractivity contribution in [3.63, 3.8) is 0 Å². The molecule has 0 saturated carbocycles. The lowest BCUT2D eigenvalue weighted by atomic mass is 10.2. The van der Waals surface area contributed by atoms with Gasteiger partial charge in [-0.05, 0) is 31.5 Å². The van der Waals surface area contributed by atoms with Crippen molar-refractivity contribution in [2.45, 2.75) is 20.4 Å². The van der Waals surface area contributed by atoms with Crippen LogP contribution >= 0.6 is 0 Å². The predicted octanol–water partition coefficient (Wildman–Crippen LogP) is 2.61. The summed E-state index contributed by atoms with van der Waals surface area (Å²) in [6.07, 6.45) is 0. The Morgan fingerprint density at radius 1 is 1.10 bits per heavy atom. The van der Waals surface area contributed by atoms with Crippen molar-refractivity contribution < 1.29 is 4.52 Å². The maximum absolute atomic E-state index is 5.29. The van der Waals surface area contributed by atoms with Crippen molar-refractivity contribution in [2.75, 3.05) is 31.1 Å². The molecule has 3 rings (SSSR count). The molecule has 0 atom stereocenters. The minimum Gasteiger partial charge on any atom is -0.369 e. The minimum absolute atomic E-state index is 0.864. The van der Waals surface area contributed by atoms with Crippen LogP contribution in [0.2, 0.25) is 0 Å². The molecule has 1 aromatic carbocycles. The first-order chi connectivity index (χ1) is 9.70. The standard InChI is InChI=1S/C16H21N3O/c1-13-4-3-5-15(10-13)19-8-6-18(7-9-19)12-16-11-14(2)17-20-16/h3-5,10-11H,6-9,12H2,1-2H3. The van der Waals surface area contributed by atoms with Gasteiger partial charge in [0.15, 0.2) is 5.76 Å². The van der Waals surface area contributed by atoms with Gasteiger partial charge in [0.1, 0.15) is 0 Å². The molecule has 2 heterocycles. The lowest BCUT2D eigenvalue weighted by Crippen LogP contribution is -2.45. The Hall–Kier alpha value is -1.81. The molecule has 0 radical (unpaired) electrons. The molecule has 106 valence electrons. The Morgan fingerprint density at radius 3 is 2.55 bits per heavy atom. The normalized spacial score (nSPS) is 16.6. The average Bonchev–Trinajstić information content (AvgIpc) is 2.85. The average molecular weight is 271 g/mol. The highest BCUT2D eigenvalue weighted by atomic mass is 16.5. The summed E-state index contributed by atoms with van der Waals surface area (Å²) in [4.78, 5) is 4.88. The minimum atomic E-state index is 0.864. The van der Waals surface area contributed by atoms with Gasteiger partial charge >= 0.3 is 0 Å². The molecule has 1 fully saturated rings. The number of nitrogens with zero attached hydrogens (tertiary/aromatic N) is 3. The third-order valence-corrected chi connectivity index (χ3v) is 3.80. The van der Waals surface area contributed by atoms with E-state index in [4.69, 9.17) is 4.52 Å². The van der Waals surface area contributed by atoms with E-state index in [1.165, 1.54) is 11.3 Å². The summed E-state index contributed by atoms with van der Waals surface area (Å²) in [5, 5.41) is 3.94. The van der Waals surface area contributed by atoms with Crippen LogP contribution < -0.4 is 4.90 Å². The maximum atomic E-state index is 5.29. The van der Waals surface area contributed by atoms with Crippen molar-refractivity contribution in [3.8, 4) is 0 Å². The van der Waals surface area contributed by atoms with Crippen LogP contribution in [0.5, 0.6) is 0 Å². The van der Waals surface area contributed by atoms with E-state index in [1.54, 1.807) is 0 Å². The van der Waals surface area contributed by atoms with Gasteiger partial charge in [0.05, 0.1) is 12.2 Å². The number of aryl methyl sites for hydroxylation is 2. The van der Waals surface area contributed by atoms with Gasteiger partial charge in [0, 0.05) is 37.9 Å². The number of anilines is 1. The van der Waals surface area contributed by atoms with Crippen LogP contribution in [0.3, 0.4) is 0 Å². The smallest absolute Gasteiger partial charge is 0.150 e. The first kappa shape index (κ1) is 13.2. The summed E-state index contributed by atoms with van der Waals surface area (Å²) in [6, 6.07) is 10.8. The summed E-state index contributed by atoms with van der Waals surface area (Å²) in [6.45, 7) is 9.23. The highest BCUT2D eigenvalue weighted by Gasteiger charge is 2.18. The summed E-state index contributed by atoms with van der Waals surface area (Å²) >= 11 is 0. The van der Waals surface area contributed by atoms with Gasteiger partial charge in [0.2, 0.25) is 0 Å². The fraction of sp³-hybridized carbons (Fsp3) is 0.438. The van der Waals surface area contributed by atoms with Gasteiger partial charge < -0.3 is 9.42 Å². The quantitative estimate of drug-likeness (QED) is 0.859. The molecule has 0 N–H and O–H groups in total. The van der Waals surface area contributed by atoms with E-state index in [0.717, 1.165) is 44.2 Å². The van der Waals surface area contributed by atoms with E-state index < -0.39 is 0 Å². The second-order valence-electron chi connectivity index (χ2n) is 5.54. The van der Waals surface area contributed by atoms with Gasteiger partial charge in [0.25, 0.3) is 0 Å². The van der Waals surface area contributed by atoms with Crippen LogP contribution in [0, 0.1) is 13.8 Å². The summed E-state index contributed by atoms with van der Waals surface area (Å²) < 4.78 is 5.29. The van der Waals surface area contributed by atoms with Gasteiger partial charge in [-0.1, -0.05) is 17.3 Å². The second-order valence-corrected chi connectivity index (χ2v) is 5.54. The van der Waals surface area contributed by atoms with E-state index in [9.17, 15) is 0 Å². The van der Waals surface area contributed by atoms with E-state index in [-0.39, 0.29) is 0 Å². The van der Waals surface area contributed by atoms with Crippen LogP contribution in [0.15, 0.2) is 34.9 Å². The highest BCUT2D eigenvalue weighted by Crippen LogP contribution is 2.18. The fourth-order valence-corrected chi connectivity index (χ4v) is 2.70. The molecule has 0 unspecified atom stereocenters. The monoisotopic (exact) mass is 271 g/mol. The lowest BCUT2D eigenvalue weighted by Gasteiger charge is -2.35. The summed E-state index contributed by atoms with van der Waals surface area (Å²) in [7, 11) is 0. The molecular weight excluding hydrogens is 250 g/mol. The molecule has 4 nitrogen and oxygen atoms in total. The zero-order valence-corrected chi connectivity index (χ0v) is 12.2. The molecule has 1 aliphatic rings. The fourth-order valence-electron chi connectivity index (χ4n) is 2.70. The maximum Gasteiger partial charge on any atom is 0.150 e. The molecule has 1 aliphatic heterocycles. The van der Waals surface area contributed by atoms with Crippen LogP contribution in [-0.4, -0.2) is 36.2 Å². The van der Waals surface area contributed by atoms with E-state index in [1.807, 2.05) is 13.0 Å². The third kappa shape index (κ3) is 3.02. The van der Waals surface area contributed by atoms with Crippen LogP contribution in [-0.2, 0) is 6.54 Å².